The van der Waals surface area contributed by atoms with Crippen LogP contribution in [0.25, 0.3) is 0 Å². The van der Waals surface area contributed by atoms with Crippen molar-refractivity contribution in [3.63, 3.8) is 0 Å². The first-order valence-electron chi connectivity index (χ1n) is 1.88. The molecular formula is H2AlO8Si3+. The summed E-state index contributed by atoms with van der Waals surface area (Å²) >= 11 is 0. The summed E-state index contributed by atoms with van der Waals surface area (Å²) < 4.78 is 30.8. The van der Waals surface area contributed by atoms with Gasteiger partial charge in [-0.1, -0.05) is 0 Å². The molecule has 12 heavy (non-hydrogen) atoms. The molecule has 0 atom stereocenters. The van der Waals surface area contributed by atoms with Crippen LogP contribution in [0.15, 0.2) is 0 Å². The molecule has 0 saturated heterocycles. The minimum atomic E-state index is -3.63. The van der Waals surface area contributed by atoms with Crippen molar-refractivity contribution >= 4 is 44.9 Å². The molecule has 0 rings (SSSR count). The van der Waals surface area contributed by atoms with Crippen molar-refractivity contribution in [3.05, 3.63) is 0 Å². The number of rotatable bonds is 2. The third-order valence-electron chi connectivity index (χ3n) is 0.175. The van der Waals surface area contributed by atoms with Gasteiger partial charge in [-0.25, -0.2) is 0 Å². The predicted molar refractivity (Wildman–Crippen MR) is 30.6 cm³/mol. The molecule has 0 radical (unpaired) electrons. The maximum Gasteiger partial charge on any atom is 3.00 e. The Balaban J connectivity index is -0.000000142. The van der Waals surface area contributed by atoms with Gasteiger partial charge in [-0.3, -0.25) is 8.92 Å². The zero-order valence-electron chi connectivity index (χ0n) is 5.42. The minimum absolute atomic E-state index is 0. The SMILES string of the molecule is O=[Si](O)O[Si](=O)O.O=[Si]([O-])[O-].[Al+3]. The molecule has 8 nitrogen and oxygen atoms in total. The smallest absolute Gasteiger partial charge is 0.672 e. The Morgan fingerprint density at radius 1 is 1.00 bits per heavy atom. The van der Waals surface area contributed by atoms with Crippen LogP contribution in [0.5, 0.6) is 0 Å². The second-order valence-electron chi connectivity index (χ2n) is 0.884. The fourth-order valence-corrected chi connectivity index (χ4v) is 0.672. The van der Waals surface area contributed by atoms with Crippen LogP contribution in [0.4, 0.5) is 0 Å². The molecule has 0 aromatic rings. The third kappa shape index (κ3) is 55.0. The van der Waals surface area contributed by atoms with Gasteiger partial charge in [-0.15, -0.1) is 0 Å². The van der Waals surface area contributed by atoms with E-state index in [4.69, 9.17) is 23.6 Å². The average Bonchev–Trinajstić information content (AvgIpc) is 1.56. The fourth-order valence-electron chi connectivity index (χ4n) is 0.0747. The minimum Gasteiger partial charge on any atom is -0.672 e. The Hall–Kier alpha value is -0.417. The molecule has 0 aliphatic heterocycles. The van der Waals surface area contributed by atoms with E-state index >= 15 is 0 Å². The van der Waals surface area contributed by atoms with Gasteiger partial charge in [0.15, 0.2) is 0 Å². The first-order valence-corrected chi connectivity index (χ1v) is 5.63. The van der Waals surface area contributed by atoms with Crippen molar-refractivity contribution in [3.8, 4) is 0 Å². The molecule has 64 valence electrons. The van der Waals surface area contributed by atoms with Gasteiger partial charge in [0.25, 0.3) is 0 Å². The maximum absolute atomic E-state index is 9.44. The van der Waals surface area contributed by atoms with Crippen LogP contribution in [-0.4, -0.2) is 54.5 Å². The Bertz CT molecular complexity index is 148. The van der Waals surface area contributed by atoms with E-state index in [1.165, 1.54) is 0 Å². The summed E-state index contributed by atoms with van der Waals surface area (Å²) in [5.74, 6) is 0. The number of hydrogen-bond donors (Lipinski definition) is 2. The molecule has 0 spiro atoms. The van der Waals surface area contributed by atoms with Gasteiger partial charge in [0.2, 0.25) is 0 Å². The largest absolute Gasteiger partial charge is 3.00 e. The summed E-state index contributed by atoms with van der Waals surface area (Å²) in [7, 11) is -10.0. The molecule has 0 aromatic carbocycles. The first-order chi connectivity index (χ1) is 4.86. The van der Waals surface area contributed by atoms with Gasteiger partial charge in [0, 0.05) is 9.17 Å². The zero-order valence-corrected chi connectivity index (χ0v) is 9.58. The topological polar surface area (TPSA) is 147 Å². The average molecular weight is 241 g/mol. The molecule has 12 heteroatoms. The van der Waals surface area contributed by atoms with Crippen LogP contribution in [0.3, 0.4) is 0 Å². The van der Waals surface area contributed by atoms with Crippen LogP contribution in [0.2, 0.25) is 0 Å². The van der Waals surface area contributed by atoms with E-state index in [1.807, 2.05) is 0 Å². The van der Waals surface area contributed by atoms with Crippen LogP contribution >= 0.6 is 0 Å². The summed E-state index contributed by atoms with van der Waals surface area (Å²) in [6.45, 7) is 0. The zero-order chi connectivity index (χ0) is 9.44. The molecule has 2 N–H and O–H groups in total. The summed E-state index contributed by atoms with van der Waals surface area (Å²) in [6, 6.07) is 0. The Kier molecular flexibility index (Phi) is 15.5. The van der Waals surface area contributed by atoms with E-state index in [-0.39, 0.29) is 17.4 Å². The number of hydrogen-bond acceptors (Lipinski definition) is 6. The Labute approximate surface area is 81.9 Å². The molecule has 0 unspecified atom stereocenters. The van der Waals surface area contributed by atoms with Crippen molar-refractivity contribution in [2.75, 3.05) is 0 Å². The van der Waals surface area contributed by atoms with E-state index < -0.39 is 27.5 Å². The van der Waals surface area contributed by atoms with E-state index in [2.05, 4.69) is 4.12 Å². The van der Waals surface area contributed by atoms with Gasteiger partial charge in [-0.2, -0.15) is 0 Å². The standard InChI is InChI=1S/Al.H2O5Si2.O3Si/c;1-6(2)5-7(3)4;1-4(2)3/h;1,3H;/q+3;;-2. The van der Waals surface area contributed by atoms with Crippen molar-refractivity contribution in [2.24, 2.45) is 0 Å². The molecule has 0 aromatic heterocycles. The van der Waals surface area contributed by atoms with Crippen LogP contribution in [0, 0.1) is 0 Å². The van der Waals surface area contributed by atoms with E-state index in [0.29, 0.717) is 0 Å². The molecule has 0 bridgehead atoms. The van der Waals surface area contributed by atoms with Gasteiger partial charge < -0.3 is 27.8 Å². The molecule has 0 heterocycles. The summed E-state index contributed by atoms with van der Waals surface area (Å²) in [5.41, 5.74) is 0. The third-order valence-corrected chi connectivity index (χ3v) is 1.57. The van der Waals surface area contributed by atoms with Crippen molar-refractivity contribution in [1.29, 1.82) is 0 Å². The van der Waals surface area contributed by atoms with Crippen LogP contribution < -0.4 is 9.59 Å². The molecular weight excluding hydrogens is 239 g/mol. The summed E-state index contributed by atoms with van der Waals surface area (Å²) in [4.78, 5) is 32.5. The monoisotopic (exact) mass is 241 g/mol. The van der Waals surface area contributed by atoms with Crippen LogP contribution in [-0.2, 0) is 17.5 Å². The predicted octanol–water partition coefficient (Wildman–Crippen LogP) is -5.44. The van der Waals surface area contributed by atoms with E-state index in [9.17, 15) is 8.92 Å². The van der Waals surface area contributed by atoms with Crippen LogP contribution in [0.1, 0.15) is 0 Å². The normalized spacial score (nSPS) is 6.33. The molecule has 0 saturated carbocycles. The summed E-state index contributed by atoms with van der Waals surface area (Å²) in [5, 5.41) is 0. The summed E-state index contributed by atoms with van der Waals surface area (Å²) in [6.07, 6.45) is 0. The van der Waals surface area contributed by atoms with E-state index in [1.54, 1.807) is 0 Å². The van der Waals surface area contributed by atoms with Gasteiger partial charge in [0.1, 0.15) is 0 Å². The Morgan fingerprint density at radius 3 is 1.17 bits per heavy atom. The fraction of sp³-hybridized carbons (Fsp3) is 0. The Morgan fingerprint density at radius 2 is 1.17 bits per heavy atom. The molecule has 0 aliphatic carbocycles. The molecule has 0 aliphatic rings. The van der Waals surface area contributed by atoms with Crippen molar-refractivity contribution in [1.82, 2.24) is 0 Å². The second-order valence-corrected chi connectivity index (χ2v) is 3.26. The first kappa shape index (κ1) is 17.6. The molecule has 0 amide bonds. The van der Waals surface area contributed by atoms with E-state index in [0.717, 1.165) is 0 Å². The molecule has 0 fully saturated rings. The van der Waals surface area contributed by atoms with Gasteiger partial charge in [0.05, 0.1) is 0 Å². The maximum atomic E-state index is 9.44. The quantitative estimate of drug-likeness (QED) is 0.455. The van der Waals surface area contributed by atoms with Crippen molar-refractivity contribution < 1.29 is 36.7 Å². The van der Waals surface area contributed by atoms with Gasteiger partial charge >= 0.3 is 35.7 Å². The second kappa shape index (κ2) is 10.6. The van der Waals surface area contributed by atoms with Gasteiger partial charge in [-0.05, 0) is 0 Å². The van der Waals surface area contributed by atoms with Crippen molar-refractivity contribution in [2.45, 2.75) is 0 Å².